The van der Waals surface area contributed by atoms with E-state index in [0.29, 0.717) is 0 Å². The summed E-state index contributed by atoms with van der Waals surface area (Å²) in [5, 5.41) is -0.422. The molecular formula is C10H6ClF2NO2S. The Morgan fingerprint density at radius 2 is 2.06 bits per heavy atom. The first-order chi connectivity index (χ1) is 8.09. The van der Waals surface area contributed by atoms with Gasteiger partial charge in [-0.1, -0.05) is 11.6 Å². The summed E-state index contributed by atoms with van der Waals surface area (Å²) in [6, 6.07) is 1.85. The van der Waals surface area contributed by atoms with Crippen LogP contribution in [0.2, 0.25) is 5.02 Å². The van der Waals surface area contributed by atoms with Crippen molar-refractivity contribution in [1.29, 1.82) is 0 Å². The summed E-state index contributed by atoms with van der Waals surface area (Å²) in [6.45, 7) is 0. The molecular weight excluding hydrogens is 272 g/mol. The fraction of sp³-hybridized carbons (Fsp3) is 0.100. The molecule has 0 saturated heterocycles. The van der Waals surface area contributed by atoms with Crippen LogP contribution in [0.15, 0.2) is 34.2 Å². The molecule has 3 nitrogen and oxygen atoms in total. The van der Waals surface area contributed by atoms with Gasteiger partial charge >= 0.3 is 5.22 Å². The first kappa shape index (κ1) is 12.3. The Hall–Kier alpha value is -1.11. The Morgan fingerprint density at radius 3 is 2.71 bits per heavy atom. The van der Waals surface area contributed by atoms with Crippen LogP contribution in [-0.4, -0.2) is 9.54 Å². The van der Waals surface area contributed by atoms with Crippen LogP contribution in [0, 0.1) is 11.6 Å². The fourth-order valence-corrected chi connectivity index (χ4v) is 2.53. The summed E-state index contributed by atoms with van der Waals surface area (Å²) in [4.78, 5) is 3.67. The topological polar surface area (TPSA) is 49.1 Å². The van der Waals surface area contributed by atoms with Crippen molar-refractivity contribution in [2.24, 2.45) is 0 Å². The van der Waals surface area contributed by atoms with Gasteiger partial charge in [0.15, 0.2) is 0 Å². The highest BCUT2D eigenvalue weighted by Gasteiger charge is 2.22. The van der Waals surface area contributed by atoms with Crippen LogP contribution in [0.5, 0.6) is 0 Å². The third kappa shape index (κ3) is 2.59. The molecule has 0 aliphatic carbocycles. The van der Waals surface area contributed by atoms with Gasteiger partial charge in [0.2, 0.25) is 0 Å². The molecule has 1 unspecified atom stereocenters. The third-order valence-corrected chi connectivity index (χ3v) is 3.57. The molecule has 0 radical (unpaired) electrons. The van der Waals surface area contributed by atoms with E-state index < -0.39 is 22.8 Å². The third-order valence-electron chi connectivity index (χ3n) is 2.02. The van der Waals surface area contributed by atoms with E-state index in [0.717, 1.165) is 12.1 Å². The molecule has 1 atom stereocenters. The van der Waals surface area contributed by atoms with Gasteiger partial charge in [0.1, 0.15) is 23.7 Å². The molecule has 0 amide bonds. The highest BCUT2D eigenvalue weighted by Crippen LogP contribution is 2.26. The highest BCUT2D eigenvalue weighted by molar-refractivity contribution is 7.90. The normalized spacial score (nSPS) is 12.7. The number of hydrogen-bond donors (Lipinski definition) is 0. The van der Waals surface area contributed by atoms with E-state index in [9.17, 15) is 13.3 Å². The van der Waals surface area contributed by atoms with Gasteiger partial charge in [-0.05, 0) is 12.1 Å². The summed E-state index contributed by atoms with van der Waals surface area (Å²) >= 11 is 3.90. The minimum absolute atomic E-state index is 0.0512. The van der Waals surface area contributed by atoms with Crippen molar-refractivity contribution in [1.82, 2.24) is 4.98 Å². The largest absolute Gasteiger partial charge is 0.607 e. The maximum absolute atomic E-state index is 13.4. The Bertz CT molecular complexity index is 521. The maximum Gasteiger partial charge on any atom is 0.415 e. The van der Waals surface area contributed by atoms with Gasteiger partial charge < -0.3 is 8.97 Å². The van der Waals surface area contributed by atoms with Crippen LogP contribution < -0.4 is 0 Å². The Kier molecular flexibility index (Phi) is 3.66. The van der Waals surface area contributed by atoms with Crippen LogP contribution in [0.3, 0.4) is 0 Å². The second-order valence-electron chi connectivity index (χ2n) is 3.11. The Labute approximate surface area is 104 Å². The highest BCUT2D eigenvalue weighted by atomic mass is 35.5. The number of benzene rings is 1. The summed E-state index contributed by atoms with van der Waals surface area (Å²) < 4.78 is 43.0. The summed E-state index contributed by atoms with van der Waals surface area (Å²) in [5.41, 5.74) is -0.150. The fourth-order valence-electron chi connectivity index (χ4n) is 1.22. The molecule has 0 aliphatic rings. The van der Waals surface area contributed by atoms with Crippen LogP contribution in [0.25, 0.3) is 0 Å². The van der Waals surface area contributed by atoms with Gasteiger partial charge in [-0.2, -0.15) is 4.98 Å². The van der Waals surface area contributed by atoms with Crippen LogP contribution in [0.4, 0.5) is 8.78 Å². The van der Waals surface area contributed by atoms with Gasteiger partial charge in [0.25, 0.3) is 0 Å². The van der Waals surface area contributed by atoms with E-state index in [2.05, 4.69) is 4.98 Å². The van der Waals surface area contributed by atoms with Gasteiger partial charge in [-0.3, -0.25) is 0 Å². The molecule has 17 heavy (non-hydrogen) atoms. The summed E-state index contributed by atoms with van der Waals surface area (Å²) in [7, 11) is 0. The monoisotopic (exact) mass is 277 g/mol. The number of oxazole rings is 1. The van der Waals surface area contributed by atoms with Crippen molar-refractivity contribution in [3.8, 4) is 0 Å². The van der Waals surface area contributed by atoms with Crippen molar-refractivity contribution in [3.05, 3.63) is 46.8 Å². The smallest absolute Gasteiger partial charge is 0.415 e. The molecule has 1 aromatic carbocycles. The molecule has 0 N–H and O–H groups in total. The SMILES string of the molecule is [O-][S+](Cc1c(F)ccc(F)c1Cl)c1ncco1. The predicted molar refractivity (Wildman–Crippen MR) is 58.0 cm³/mol. The minimum Gasteiger partial charge on any atom is -0.607 e. The van der Waals surface area contributed by atoms with E-state index in [4.69, 9.17) is 16.0 Å². The number of nitrogens with zero attached hydrogens (tertiary/aromatic N) is 1. The maximum atomic E-state index is 13.4. The zero-order chi connectivity index (χ0) is 12.4. The lowest BCUT2D eigenvalue weighted by Gasteiger charge is -2.08. The zero-order valence-electron chi connectivity index (χ0n) is 8.32. The van der Waals surface area contributed by atoms with Gasteiger partial charge in [0.05, 0.1) is 28.0 Å². The first-order valence-corrected chi connectivity index (χ1v) is 6.19. The van der Waals surface area contributed by atoms with Crippen LogP contribution in [0.1, 0.15) is 5.56 Å². The number of rotatable bonds is 3. The lowest BCUT2D eigenvalue weighted by atomic mass is 10.2. The Morgan fingerprint density at radius 1 is 1.35 bits per heavy atom. The molecule has 0 aliphatic heterocycles. The van der Waals surface area contributed by atoms with E-state index >= 15 is 0 Å². The minimum atomic E-state index is -1.70. The second-order valence-corrected chi connectivity index (χ2v) is 4.82. The summed E-state index contributed by atoms with van der Waals surface area (Å²) in [6.07, 6.45) is 2.56. The van der Waals surface area contributed by atoms with E-state index in [1.54, 1.807) is 0 Å². The van der Waals surface area contributed by atoms with Crippen LogP contribution in [-0.2, 0) is 16.9 Å². The zero-order valence-corrected chi connectivity index (χ0v) is 9.89. The molecule has 90 valence electrons. The lowest BCUT2D eigenvalue weighted by molar-refractivity contribution is 0.429. The molecule has 0 bridgehead atoms. The molecule has 7 heteroatoms. The number of aromatic nitrogens is 1. The first-order valence-electron chi connectivity index (χ1n) is 4.50. The van der Waals surface area contributed by atoms with Gasteiger partial charge in [-0.15, -0.1) is 0 Å². The molecule has 1 aromatic heterocycles. The van der Waals surface area contributed by atoms with E-state index in [1.807, 2.05) is 0 Å². The van der Waals surface area contributed by atoms with Crippen molar-refractivity contribution in [2.75, 3.05) is 0 Å². The quantitative estimate of drug-likeness (QED) is 0.640. The number of halogens is 3. The molecule has 2 aromatic rings. The van der Waals surface area contributed by atoms with E-state index in [-0.39, 0.29) is 21.6 Å². The molecule has 0 fully saturated rings. The van der Waals surface area contributed by atoms with Gasteiger partial charge in [-0.25, -0.2) is 8.78 Å². The average Bonchev–Trinajstić information content (AvgIpc) is 2.83. The predicted octanol–water partition coefficient (Wildman–Crippen LogP) is 2.91. The second kappa shape index (κ2) is 5.03. The van der Waals surface area contributed by atoms with E-state index in [1.165, 1.54) is 12.5 Å². The van der Waals surface area contributed by atoms with Crippen molar-refractivity contribution in [3.63, 3.8) is 0 Å². The molecule has 0 spiro atoms. The van der Waals surface area contributed by atoms with Crippen molar-refractivity contribution >= 4 is 22.8 Å². The lowest BCUT2D eigenvalue weighted by Crippen LogP contribution is -2.08. The molecule has 0 saturated carbocycles. The Balaban J connectivity index is 2.27. The standard InChI is InChI=1S/C10H6ClF2NO2S/c11-9-6(7(12)1-2-8(9)13)5-17(15)10-14-3-4-16-10/h1-4H,5H2. The van der Waals surface area contributed by atoms with Crippen molar-refractivity contribution in [2.45, 2.75) is 11.0 Å². The van der Waals surface area contributed by atoms with Crippen molar-refractivity contribution < 1.29 is 17.8 Å². The summed E-state index contributed by atoms with van der Waals surface area (Å²) in [5.74, 6) is -1.76. The molecule has 2 rings (SSSR count). The average molecular weight is 278 g/mol. The van der Waals surface area contributed by atoms with Crippen LogP contribution >= 0.6 is 11.6 Å². The van der Waals surface area contributed by atoms with Gasteiger partial charge in [0, 0.05) is 0 Å². The molecule has 1 heterocycles. The number of hydrogen-bond acceptors (Lipinski definition) is 3.